The number of benzene rings is 1. The van der Waals surface area contributed by atoms with E-state index >= 15 is 0 Å². The highest BCUT2D eigenvalue weighted by molar-refractivity contribution is 5.24. The molecule has 0 aliphatic rings. The van der Waals surface area contributed by atoms with E-state index in [1.54, 1.807) is 19.1 Å². The molecule has 1 atom stereocenters. The van der Waals surface area contributed by atoms with Crippen molar-refractivity contribution in [3.8, 4) is 0 Å². The zero-order chi connectivity index (χ0) is 15.0. The Hall–Kier alpha value is -0.970. The molecule has 0 saturated carbocycles. The van der Waals surface area contributed by atoms with Gasteiger partial charge in [0.05, 0.1) is 12.7 Å². The number of aliphatic hydroxyl groups excluding tert-OH is 2. The molecule has 114 valence electrons. The number of halogens is 1. The van der Waals surface area contributed by atoms with E-state index in [0.29, 0.717) is 30.6 Å². The van der Waals surface area contributed by atoms with Gasteiger partial charge in [-0.2, -0.15) is 0 Å². The third-order valence-electron chi connectivity index (χ3n) is 3.54. The molecule has 0 fully saturated rings. The number of hydrogen-bond acceptors (Lipinski definition) is 3. The number of nitrogens with zero attached hydrogens (tertiary/aromatic N) is 1. The van der Waals surface area contributed by atoms with Gasteiger partial charge in [-0.05, 0) is 43.5 Å². The SMILES string of the molecule is CCCCN(CCO)CCC(O)c1ccc(C)c(F)c1. The molecule has 0 radical (unpaired) electrons. The van der Waals surface area contributed by atoms with Gasteiger partial charge in [-0.1, -0.05) is 25.5 Å². The minimum absolute atomic E-state index is 0.124. The predicted molar refractivity (Wildman–Crippen MR) is 79.1 cm³/mol. The standard InChI is InChI=1S/C16H26FNO2/c1-3-4-8-18(10-11-19)9-7-16(20)14-6-5-13(2)15(17)12-14/h5-6,12,16,19-20H,3-4,7-11H2,1-2H3. The van der Waals surface area contributed by atoms with Crippen LogP contribution in [0, 0.1) is 12.7 Å². The van der Waals surface area contributed by atoms with Crippen LogP contribution in [0.5, 0.6) is 0 Å². The smallest absolute Gasteiger partial charge is 0.126 e. The van der Waals surface area contributed by atoms with Crippen LogP contribution in [0.2, 0.25) is 0 Å². The second kappa shape index (κ2) is 9.06. The number of aliphatic hydroxyl groups is 2. The van der Waals surface area contributed by atoms with Crippen LogP contribution in [0.25, 0.3) is 0 Å². The third kappa shape index (κ3) is 5.57. The van der Waals surface area contributed by atoms with Crippen molar-refractivity contribution < 1.29 is 14.6 Å². The average Bonchev–Trinajstić information content (AvgIpc) is 2.44. The Morgan fingerprint density at radius 2 is 2.00 bits per heavy atom. The van der Waals surface area contributed by atoms with Crippen LogP contribution in [0.3, 0.4) is 0 Å². The van der Waals surface area contributed by atoms with Gasteiger partial charge in [-0.25, -0.2) is 4.39 Å². The molecule has 3 nitrogen and oxygen atoms in total. The van der Waals surface area contributed by atoms with Gasteiger partial charge in [0.2, 0.25) is 0 Å². The first kappa shape index (κ1) is 17.1. The van der Waals surface area contributed by atoms with E-state index in [2.05, 4.69) is 11.8 Å². The summed E-state index contributed by atoms with van der Waals surface area (Å²) < 4.78 is 13.5. The molecule has 0 aromatic heterocycles. The minimum atomic E-state index is -0.659. The Bertz CT molecular complexity index is 398. The van der Waals surface area contributed by atoms with Crippen molar-refractivity contribution in [2.24, 2.45) is 0 Å². The van der Waals surface area contributed by atoms with Crippen LogP contribution in [-0.4, -0.2) is 41.4 Å². The largest absolute Gasteiger partial charge is 0.395 e. The maximum atomic E-state index is 13.5. The van der Waals surface area contributed by atoms with Gasteiger partial charge >= 0.3 is 0 Å². The van der Waals surface area contributed by atoms with Crippen molar-refractivity contribution in [3.63, 3.8) is 0 Å². The summed E-state index contributed by atoms with van der Waals surface area (Å²) in [6.45, 7) is 6.21. The van der Waals surface area contributed by atoms with E-state index in [1.165, 1.54) is 6.07 Å². The Morgan fingerprint density at radius 1 is 1.25 bits per heavy atom. The highest BCUT2D eigenvalue weighted by Gasteiger charge is 2.12. The van der Waals surface area contributed by atoms with Crippen LogP contribution in [-0.2, 0) is 0 Å². The highest BCUT2D eigenvalue weighted by Crippen LogP contribution is 2.19. The molecular weight excluding hydrogens is 257 g/mol. The predicted octanol–water partition coefficient (Wildman–Crippen LogP) is 2.65. The summed E-state index contributed by atoms with van der Waals surface area (Å²) in [6.07, 6.45) is 2.07. The maximum absolute atomic E-state index is 13.5. The van der Waals surface area contributed by atoms with Gasteiger partial charge < -0.3 is 15.1 Å². The molecule has 20 heavy (non-hydrogen) atoms. The van der Waals surface area contributed by atoms with Crippen molar-refractivity contribution in [3.05, 3.63) is 35.1 Å². The van der Waals surface area contributed by atoms with Crippen LogP contribution < -0.4 is 0 Å². The van der Waals surface area contributed by atoms with Gasteiger partial charge in [0.15, 0.2) is 0 Å². The summed E-state index contributed by atoms with van der Waals surface area (Å²) >= 11 is 0. The van der Waals surface area contributed by atoms with E-state index in [9.17, 15) is 9.50 Å². The molecule has 1 unspecified atom stereocenters. The Balaban J connectivity index is 2.50. The zero-order valence-corrected chi connectivity index (χ0v) is 12.5. The van der Waals surface area contributed by atoms with Crippen LogP contribution in [0.1, 0.15) is 43.4 Å². The van der Waals surface area contributed by atoms with E-state index in [4.69, 9.17) is 5.11 Å². The van der Waals surface area contributed by atoms with Crippen LogP contribution in [0.15, 0.2) is 18.2 Å². The number of rotatable bonds is 9. The van der Waals surface area contributed by atoms with Crippen molar-refractivity contribution in [1.29, 1.82) is 0 Å². The molecule has 1 aromatic rings. The molecule has 1 aromatic carbocycles. The second-order valence-corrected chi connectivity index (χ2v) is 5.23. The fourth-order valence-electron chi connectivity index (χ4n) is 2.15. The summed E-state index contributed by atoms with van der Waals surface area (Å²) in [5, 5.41) is 19.2. The highest BCUT2D eigenvalue weighted by atomic mass is 19.1. The van der Waals surface area contributed by atoms with Gasteiger partial charge in [0.1, 0.15) is 5.82 Å². The molecule has 0 saturated heterocycles. The lowest BCUT2D eigenvalue weighted by molar-refractivity contribution is 0.130. The zero-order valence-electron chi connectivity index (χ0n) is 12.5. The molecule has 0 aliphatic carbocycles. The normalized spacial score (nSPS) is 12.9. The quantitative estimate of drug-likeness (QED) is 0.732. The van der Waals surface area contributed by atoms with Crippen molar-refractivity contribution in [1.82, 2.24) is 4.90 Å². The first-order valence-electron chi connectivity index (χ1n) is 7.35. The Morgan fingerprint density at radius 3 is 2.60 bits per heavy atom. The molecule has 0 spiro atoms. The lowest BCUT2D eigenvalue weighted by Gasteiger charge is -2.22. The number of unbranched alkanes of at least 4 members (excludes halogenated alkanes) is 1. The number of hydrogen-bond donors (Lipinski definition) is 2. The van der Waals surface area contributed by atoms with Crippen molar-refractivity contribution in [2.45, 2.75) is 39.2 Å². The summed E-state index contributed by atoms with van der Waals surface area (Å²) in [4.78, 5) is 2.14. The summed E-state index contributed by atoms with van der Waals surface area (Å²) in [7, 11) is 0. The topological polar surface area (TPSA) is 43.7 Å². The summed E-state index contributed by atoms with van der Waals surface area (Å²) in [5.74, 6) is -0.278. The van der Waals surface area contributed by atoms with E-state index in [1.807, 2.05) is 0 Å². The molecule has 0 bridgehead atoms. The van der Waals surface area contributed by atoms with Crippen molar-refractivity contribution in [2.75, 3.05) is 26.2 Å². The molecule has 1 rings (SSSR count). The Kier molecular flexibility index (Phi) is 7.73. The van der Waals surface area contributed by atoms with Crippen molar-refractivity contribution >= 4 is 0 Å². The lowest BCUT2D eigenvalue weighted by atomic mass is 10.0. The average molecular weight is 283 g/mol. The van der Waals surface area contributed by atoms with Gasteiger partial charge in [-0.15, -0.1) is 0 Å². The molecule has 4 heteroatoms. The van der Waals surface area contributed by atoms with E-state index in [-0.39, 0.29) is 12.4 Å². The summed E-state index contributed by atoms with van der Waals surface area (Å²) in [5.41, 5.74) is 1.21. The molecular formula is C16H26FNO2. The fourth-order valence-corrected chi connectivity index (χ4v) is 2.15. The van der Waals surface area contributed by atoms with Gasteiger partial charge in [0.25, 0.3) is 0 Å². The first-order chi connectivity index (χ1) is 9.58. The van der Waals surface area contributed by atoms with E-state index < -0.39 is 6.10 Å². The Labute approximate surface area is 121 Å². The minimum Gasteiger partial charge on any atom is -0.395 e. The van der Waals surface area contributed by atoms with Gasteiger partial charge in [0, 0.05) is 13.1 Å². The maximum Gasteiger partial charge on any atom is 0.126 e. The number of aryl methyl sites for hydroxylation is 1. The summed E-state index contributed by atoms with van der Waals surface area (Å²) in [6, 6.07) is 4.87. The molecule has 0 amide bonds. The first-order valence-corrected chi connectivity index (χ1v) is 7.35. The third-order valence-corrected chi connectivity index (χ3v) is 3.54. The second-order valence-electron chi connectivity index (χ2n) is 5.23. The van der Waals surface area contributed by atoms with Crippen LogP contribution >= 0.6 is 0 Å². The molecule has 0 aliphatic heterocycles. The van der Waals surface area contributed by atoms with E-state index in [0.717, 1.165) is 19.4 Å². The fraction of sp³-hybridized carbons (Fsp3) is 0.625. The van der Waals surface area contributed by atoms with Crippen LogP contribution in [0.4, 0.5) is 4.39 Å². The monoisotopic (exact) mass is 283 g/mol. The molecule has 0 heterocycles. The lowest BCUT2D eigenvalue weighted by Crippen LogP contribution is -2.30. The molecule has 2 N–H and O–H groups in total. The van der Waals surface area contributed by atoms with Gasteiger partial charge in [-0.3, -0.25) is 0 Å².